The van der Waals surface area contributed by atoms with Crippen molar-refractivity contribution >= 4 is 33.1 Å². The SMILES string of the molecule is CC(C)(C)C(=O)OCOP(=O)(O)C(C)(O)P(=O)(OCOC(=O)C(C)(C)C)OCOC(=O)C(C)(C)C. The largest absolute Gasteiger partial charge is 0.438 e. The summed E-state index contributed by atoms with van der Waals surface area (Å²) in [5.74, 6) is -2.34. The van der Waals surface area contributed by atoms with Gasteiger partial charge in [-0.3, -0.25) is 37.1 Å². The normalized spacial score (nSPS) is 16.6. The van der Waals surface area contributed by atoms with Crippen LogP contribution in [-0.4, -0.2) is 53.4 Å². The van der Waals surface area contributed by atoms with Gasteiger partial charge >= 0.3 is 33.1 Å². The Kier molecular flexibility index (Phi) is 11.4. The molecule has 0 aliphatic rings. The molecule has 2 atom stereocenters. The fourth-order valence-corrected chi connectivity index (χ4v) is 4.80. The maximum atomic E-state index is 13.4. The van der Waals surface area contributed by atoms with Crippen LogP contribution in [0.25, 0.3) is 0 Å². The number of hydrogen-bond acceptors (Lipinski definition) is 12. The maximum absolute atomic E-state index is 13.4. The summed E-state index contributed by atoms with van der Waals surface area (Å²) < 4.78 is 55.1. The lowest BCUT2D eigenvalue weighted by Crippen LogP contribution is -2.31. The summed E-state index contributed by atoms with van der Waals surface area (Å²) in [4.78, 5) is 46.1. The highest BCUT2D eigenvalue weighted by atomic mass is 31.2. The second-order valence-corrected chi connectivity index (χ2v) is 15.7. The van der Waals surface area contributed by atoms with Crippen LogP contribution in [0.1, 0.15) is 69.2 Å². The molecule has 0 heterocycles. The van der Waals surface area contributed by atoms with Gasteiger partial charge in [0.1, 0.15) is 0 Å². The van der Waals surface area contributed by atoms with Crippen LogP contribution in [0.2, 0.25) is 0 Å². The Morgan fingerprint density at radius 2 is 0.857 bits per heavy atom. The van der Waals surface area contributed by atoms with E-state index in [1.165, 1.54) is 62.3 Å². The van der Waals surface area contributed by atoms with Gasteiger partial charge in [0.05, 0.1) is 16.2 Å². The molecule has 0 aromatic heterocycles. The third-order valence-corrected chi connectivity index (χ3v) is 9.08. The van der Waals surface area contributed by atoms with Crippen molar-refractivity contribution in [3.05, 3.63) is 0 Å². The molecule has 0 aliphatic carbocycles. The van der Waals surface area contributed by atoms with Crippen LogP contribution in [0.3, 0.4) is 0 Å². The number of carbonyl (C=O) groups is 3. The van der Waals surface area contributed by atoms with E-state index in [1.54, 1.807) is 0 Å². The first-order valence-corrected chi connectivity index (χ1v) is 13.6. The molecule has 2 unspecified atom stereocenters. The van der Waals surface area contributed by atoms with Crippen LogP contribution in [0.15, 0.2) is 0 Å². The van der Waals surface area contributed by atoms with Crippen LogP contribution >= 0.6 is 15.2 Å². The molecule has 13 nitrogen and oxygen atoms in total. The monoisotopic (exact) mass is 548 g/mol. The molecule has 0 aliphatic heterocycles. The van der Waals surface area contributed by atoms with Gasteiger partial charge in [0, 0.05) is 0 Å². The zero-order chi connectivity index (χ0) is 28.1. The topological polar surface area (TPSA) is 181 Å². The van der Waals surface area contributed by atoms with Gasteiger partial charge in [0.2, 0.25) is 20.4 Å². The zero-order valence-corrected chi connectivity index (χ0v) is 23.7. The van der Waals surface area contributed by atoms with E-state index in [-0.39, 0.29) is 0 Å². The molecule has 0 bridgehead atoms. The van der Waals surface area contributed by atoms with Crippen molar-refractivity contribution in [2.45, 2.75) is 74.3 Å². The lowest BCUT2D eigenvalue weighted by Gasteiger charge is -2.33. The molecule has 35 heavy (non-hydrogen) atoms. The zero-order valence-electron chi connectivity index (χ0n) is 21.9. The predicted molar refractivity (Wildman–Crippen MR) is 123 cm³/mol. The minimum absolute atomic E-state index is 0.608. The van der Waals surface area contributed by atoms with E-state index in [2.05, 4.69) is 4.52 Å². The Morgan fingerprint density at radius 1 is 0.600 bits per heavy atom. The standard InChI is InChI=1S/C20H38O13P2/c1-17(2,3)14(21)28-11-31-34(25,26)20(10,24)35(27,32-12-29-15(22)18(4,5)6)33-13-30-16(23)19(7,8)9/h24H,11-13H2,1-10H3,(H,25,26). The van der Waals surface area contributed by atoms with Crippen molar-refractivity contribution in [3.8, 4) is 0 Å². The Bertz CT molecular complexity index is 824. The van der Waals surface area contributed by atoms with Gasteiger partial charge in [0.25, 0.3) is 5.08 Å². The molecule has 0 aromatic rings. The summed E-state index contributed by atoms with van der Waals surface area (Å²) in [5, 5.41) is 7.50. The van der Waals surface area contributed by atoms with Crippen LogP contribution in [0.5, 0.6) is 0 Å². The predicted octanol–water partition coefficient (Wildman–Crippen LogP) is 3.72. The highest BCUT2D eigenvalue weighted by Crippen LogP contribution is 2.74. The fourth-order valence-electron chi connectivity index (χ4n) is 1.66. The van der Waals surface area contributed by atoms with E-state index in [4.69, 9.17) is 23.3 Å². The van der Waals surface area contributed by atoms with Gasteiger partial charge in [-0.1, -0.05) is 0 Å². The number of aliphatic hydroxyl groups is 1. The van der Waals surface area contributed by atoms with Crippen molar-refractivity contribution in [1.29, 1.82) is 0 Å². The summed E-state index contributed by atoms with van der Waals surface area (Å²) in [6, 6.07) is 0. The van der Waals surface area contributed by atoms with Crippen LogP contribution in [-0.2, 0) is 51.3 Å². The van der Waals surface area contributed by atoms with Gasteiger partial charge in [0.15, 0.2) is 0 Å². The Balaban J connectivity index is 5.70. The van der Waals surface area contributed by atoms with Gasteiger partial charge in [-0.25, -0.2) is 0 Å². The fraction of sp³-hybridized carbons (Fsp3) is 0.850. The van der Waals surface area contributed by atoms with Crippen molar-refractivity contribution in [2.24, 2.45) is 16.2 Å². The average molecular weight is 548 g/mol. The van der Waals surface area contributed by atoms with E-state index in [9.17, 15) is 33.5 Å². The van der Waals surface area contributed by atoms with E-state index < -0.39 is 74.8 Å². The summed E-state index contributed by atoms with van der Waals surface area (Å²) in [5.41, 5.74) is -2.89. The Labute approximate surface area is 205 Å². The average Bonchev–Trinajstić information content (AvgIpc) is 2.64. The molecule has 2 N–H and O–H groups in total. The number of ether oxygens (including phenoxy) is 3. The molecule has 0 fully saturated rings. The van der Waals surface area contributed by atoms with E-state index in [1.807, 2.05) is 0 Å². The molecule has 0 aromatic carbocycles. The Hall–Kier alpha value is -1.33. The van der Waals surface area contributed by atoms with E-state index in [0.29, 0.717) is 6.92 Å². The number of esters is 3. The molecule has 0 amide bonds. The summed E-state index contributed by atoms with van der Waals surface area (Å²) >= 11 is 0. The number of hydrogen-bond donors (Lipinski definition) is 2. The minimum atomic E-state index is -5.33. The van der Waals surface area contributed by atoms with Crippen molar-refractivity contribution < 1.29 is 61.3 Å². The molecule has 0 saturated carbocycles. The first kappa shape index (κ1) is 33.7. The van der Waals surface area contributed by atoms with Gasteiger partial charge in [-0.15, -0.1) is 0 Å². The van der Waals surface area contributed by atoms with Crippen LogP contribution in [0.4, 0.5) is 0 Å². The lowest BCUT2D eigenvalue weighted by atomic mass is 9.98. The molecule has 0 spiro atoms. The Morgan fingerprint density at radius 3 is 1.11 bits per heavy atom. The second-order valence-electron chi connectivity index (χ2n) is 10.8. The second kappa shape index (κ2) is 11.8. The summed E-state index contributed by atoms with van der Waals surface area (Å²) in [6.07, 6.45) is 0. The molecular weight excluding hydrogens is 510 g/mol. The van der Waals surface area contributed by atoms with Crippen LogP contribution in [0, 0.1) is 16.2 Å². The van der Waals surface area contributed by atoms with E-state index >= 15 is 0 Å². The molecule has 15 heteroatoms. The summed E-state index contributed by atoms with van der Waals surface area (Å²) in [7, 11) is -10.5. The number of carbonyl (C=O) groups excluding carboxylic acids is 3. The van der Waals surface area contributed by atoms with Crippen molar-refractivity contribution in [3.63, 3.8) is 0 Å². The van der Waals surface area contributed by atoms with E-state index in [0.717, 1.165) is 0 Å². The summed E-state index contributed by atoms with van der Waals surface area (Å²) in [6.45, 7) is 11.2. The molecule has 206 valence electrons. The molecule has 0 rings (SSSR count). The third kappa shape index (κ3) is 9.92. The quantitative estimate of drug-likeness (QED) is 0.165. The van der Waals surface area contributed by atoms with Gasteiger partial charge < -0.3 is 24.2 Å². The van der Waals surface area contributed by atoms with Gasteiger partial charge in [-0.05, 0) is 69.2 Å². The van der Waals surface area contributed by atoms with Crippen molar-refractivity contribution in [1.82, 2.24) is 0 Å². The molecule has 0 radical (unpaired) electrons. The highest BCUT2D eigenvalue weighted by molar-refractivity contribution is 7.73. The maximum Gasteiger partial charge on any atom is 0.380 e. The first-order chi connectivity index (χ1) is 15.4. The first-order valence-electron chi connectivity index (χ1n) is 10.5. The highest BCUT2D eigenvalue weighted by Gasteiger charge is 2.61. The van der Waals surface area contributed by atoms with Crippen molar-refractivity contribution in [2.75, 3.05) is 20.4 Å². The smallest absolute Gasteiger partial charge is 0.380 e. The number of rotatable bonds is 11. The van der Waals surface area contributed by atoms with Crippen LogP contribution < -0.4 is 0 Å². The minimum Gasteiger partial charge on any atom is -0.438 e. The molecule has 0 saturated heterocycles. The lowest BCUT2D eigenvalue weighted by molar-refractivity contribution is -0.162. The van der Waals surface area contributed by atoms with Gasteiger partial charge in [-0.2, -0.15) is 0 Å². The third-order valence-electron chi connectivity index (χ3n) is 4.13. The molecular formula is C20H38O13P2.